The van der Waals surface area contributed by atoms with E-state index in [1.807, 2.05) is 44.2 Å². The van der Waals surface area contributed by atoms with Crippen LogP contribution in [0.2, 0.25) is 0 Å². The van der Waals surface area contributed by atoms with E-state index in [0.29, 0.717) is 18.6 Å². The molecule has 0 N–H and O–H groups in total. The predicted molar refractivity (Wildman–Crippen MR) is 74.9 cm³/mol. The van der Waals surface area contributed by atoms with Gasteiger partial charge in [0, 0.05) is 24.3 Å². The Bertz CT molecular complexity index is 596. The lowest BCUT2D eigenvalue weighted by Gasteiger charge is -2.36. The summed E-state index contributed by atoms with van der Waals surface area (Å²) in [6.45, 7) is 4.07. The van der Waals surface area contributed by atoms with Crippen LogP contribution in [0, 0.1) is 5.41 Å². The number of carbonyl (C=O) groups is 2. The van der Waals surface area contributed by atoms with Crippen LogP contribution in [0.3, 0.4) is 0 Å². The lowest BCUT2D eigenvalue weighted by atomic mass is 9.71. The smallest absolute Gasteiger partial charge is 0.311 e. The number of rotatable bonds is 1. The zero-order chi connectivity index (χ0) is 14.3. The molecule has 3 rings (SSSR count). The molecule has 20 heavy (non-hydrogen) atoms. The fourth-order valence-corrected chi connectivity index (χ4v) is 3.18. The number of allylic oxidation sites excluding steroid dienone is 2. The number of esters is 1. The maximum absolute atomic E-state index is 12.5. The minimum atomic E-state index is -0.233. The molecule has 0 radical (unpaired) electrons. The first kappa shape index (κ1) is 13.1. The molecule has 0 amide bonds. The van der Waals surface area contributed by atoms with Crippen molar-refractivity contribution in [3.05, 3.63) is 47.2 Å². The van der Waals surface area contributed by atoms with Crippen LogP contribution >= 0.6 is 0 Å². The fourth-order valence-electron chi connectivity index (χ4n) is 3.18. The highest BCUT2D eigenvalue weighted by Crippen LogP contribution is 2.45. The Hall–Kier alpha value is -1.90. The van der Waals surface area contributed by atoms with Gasteiger partial charge in [-0.05, 0) is 11.0 Å². The second-order valence-corrected chi connectivity index (χ2v) is 6.42. The first-order valence-corrected chi connectivity index (χ1v) is 6.98. The van der Waals surface area contributed by atoms with Crippen LogP contribution in [-0.4, -0.2) is 11.8 Å². The number of hydrogen-bond donors (Lipinski definition) is 0. The molecule has 1 heterocycles. The van der Waals surface area contributed by atoms with Crippen molar-refractivity contribution in [1.29, 1.82) is 0 Å². The molecule has 0 saturated carbocycles. The van der Waals surface area contributed by atoms with Crippen molar-refractivity contribution in [3.8, 4) is 0 Å². The highest BCUT2D eigenvalue weighted by atomic mass is 16.5. The number of Topliss-reactive ketones (excluding diaryl/α,β-unsaturated/α-hetero) is 1. The molecule has 2 aliphatic rings. The molecule has 0 unspecified atom stereocenters. The molecular weight excluding hydrogens is 252 g/mol. The zero-order valence-corrected chi connectivity index (χ0v) is 11.8. The Morgan fingerprint density at radius 3 is 2.50 bits per heavy atom. The van der Waals surface area contributed by atoms with Crippen LogP contribution in [0.5, 0.6) is 0 Å². The van der Waals surface area contributed by atoms with E-state index in [0.717, 1.165) is 11.1 Å². The average Bonchev–Trinajstić information content (AvgIpc) is 2.36. The second-order valence-electron chi connectivity index (χ2n) is 6.42. The molecule has 0 aromatic heterocycles. The monoisotopic (exact) mass is 270 g/mol. The molecule has 1 aromatic carbocycles. The molecule has 1 atom stereocenters. The molecule has 0 saturated heterocycles. The Balaban J connectivity index is 2.07. The quantitative estimate of drug-likeness (QED) is 0.735. The Labute approximate surface area is 118 Å². The van der Waals surface area contributed by atoms with Crippen LogP contribution in [0.25, 0.3) is 0 Å². The van der Waals surface area contributed by atoms with Gasteiger partial charge in [0.15, 0.2) is 5.78 Å². The van der Waals surface area contributed by atoms with Gasteiger partial charge in [-0.15, -0.1) is 0 Å². The van der Waals surface area contributed by atoms with Gasteiger partial charge in [0.1, 0.15) is 5.76 Å². The van der Waals surface area contributed by atoms with E-state index in [2.05, 4.69) is 0 Å². The minimum Gasteiger partial charge on any atom is -0.431 e. The van der Waals surface area contributed by atoms with Gasteiger partial charge in [0.2, 0.25) is 0 Å². The van der Waals surface area contributed by atoms with Gasteiger partial charge in [-0.1, -0.05) is 44.2 Å². The highest BCUT2D eigenvalue weighted by Gasteiger charge is 2.41. The number of carbonyl (C=O) groups excluding carboxylic acids is 2. The van der Waals surface area contributed by atoms with Crippen LogP contribution in [0.4, 0.5) is 0 Å². The number of ether oxygens (including phenoxy) is 1. The van der Waals surface area contributed by atoms with Gasteiger partial charge >= 0.3 is 5.97 Å². The molecule has 0 bridgehead atoms. The van der Waals surface area contributed by atoms with Gasteiger partial charge in [-0.25, -0.2) is 0 Å². The summed E-state index contributed by atoms with van der Waals surface area (Å²) in [6, 6.07) is 9.76. The van der Waals surface area contributed by atoms with Crippen LogP contribution in [0.1, 0.15) is 44.6 Å². The third-order valence-corrected chi connectivity index (χ3v) is 4.04. The summed E-state index contributed by atoms with van der Waals surface area (Å²) in [4.78, 5) is 24.3. The molecule has 3 nitrogen and oxygen atoms in total. The lowest BCUT2D eigenvalue weighted by Crippen LogP contribution is -2.33. The molecule has 104 valence electrons. The summed E-state index contributed by atoms with van der Waals surface area (Å²) in [5, 5.41) is 0. The van der Waals surface area contributed by atoms with Crippen molar-refractivity contribution in [2.75, 3.05) is 0 Å². The molecular formula is C17H18O3. The number of hydrogen-bond acceptors (Lipinski definition) is 3. The third-order valence-electron chi connectivity index (χ3n) is 4.04. The first-order valence-electron chi connectivity index (χ1n) is 6.98. The van der Waals surface area contributed by atoms with Crippen LogP contribution < -0.4 is 0 Å². The largest absolute Gasteiger partial charge is 0.431 e. The topological polar surface area (TPSA) is 43.4 Å². The average molecular weight is 270 g/mol. The SMILES string of the molecule is CC1(C)CC(=O)C2=C(C1)OC(=O)C[C@@H]2c1ccccc1. The summed E-state index contributed by atoms with van der Waals surface area (Å²) < 4.78 is 5.37. The summed E-state index contributed by atoms with van der Waals surface area (Å²) in [5.74, 6) is 0.341. The summed E-state index contributed by atoms with van der Waals surface area (Å²) in [6.07, 6.45) is 1.44. The van der Waals surface area contributed by atoms with E-state index in [1.54, 1.807) is 0 Å². The van der Waals surface area contributed by atoms with Gasteiger partial charge in [0.25, 0.3) is 0 Å². The molecule has 1 aromatic rings. The van der Waals surface area contributed by atoms with E-state index in [-0.39, 0.29) is 29.5 Å². The van der Waals surface area contributed by atoms with Crippen LogP contribution in [0.15, 0.2) is 41.7 Å². The normalized spacial score (nSPS) is 25.2. The summed E-state index contributed by atoms with van der Waals surface area (Å²) in [7, 11) is 0. The van der Waals surface area contributed by atoms with Crippen molar-refractivity contribution in [3.63, 3.8) is 0 Å². The maximum atomic E-state index is 12.5. The highest BCUT2D eigenvalue weighted by molar-refractivity contribution is 6.00. The van der Waals surface area contributed by atoms with Crippen molar-refractivity contribution < 1.29 is 14.3 Å². The summed E-state index contributed by atoms with van der Waals surface area (Å²) >= 11 is 0. The van der Waals surface area contributed by atoms with E-state index in [4.69, 9.17) is 4.74 Å². The van der Waals surface area contributed by atoms with E-state index in [1.165, 1.54) is 0 Å². The molecule has 1 aliphatic heterocycles. The van der Waals surface area contributed by atoms with Crippen LogP contribution in [-0.2, 0) is 14.3 Å². The van der Waals surface area contributed by atoms with Gasteiger partial charge in [0.05, 0.1) is 6.42 Å². The Kier molecular flexibility index (Phi) is 3.00. The third kappa shape index (κ3) is 2.28. The van der Waals surface area contributed by atoms with Gasteiger partial charge in [-0.3, -0.25) is 9.59 Å². The van der Waals surface area contributed by atoms with E-state index >= 15 is 0 Å². The molecule has 3 heteroatoms. The molecule has 0 spiro atoms. The second kappa shape index (κ2) is 4.58. The Morgan fingerprint density at radius 1 is 1.10 bits per heavy atom. The number of ketones is 1. The van der Waals surface area contributed by atoms with Crippen molar-refractivity contribution in [1.82, 2.24) is 0 Å². The predicted octanol–water partition coefficient (Wildman–Crippen LogP) is 3.36. The summed E-state index contributed by atoms with van der Waals surface area (Å²) in [5.41, 5.74) is 1.61. The van der Waals surface area contributed by atoms with Gasteiger partial charge in [-0.2, -0.15) is 0 Å². The molecule has 0 fully saturated rings. The van der Waals surface area contributed by atoms with E-state index in [9.17, 15) is 9.59 Å². The maximum Gasteiger partial charge on any atom is 0.311 e. The lowest BCUT2D eigenvalue weighted by molar-refractivity contribution is -0.142. The molecule has 1 aliphatic carbocycles. The fraction of sp³-hybridized carbons (Fsp3) is 0.412. The standard InChI is InChI=1S/C17H18O3/c1-17(2)9-13(18)16-12(11-6-4-3-5-7-11)8-15(19)20-14(16)10-17/h3-7,12H,8-10H2,1-2H3/t12-/m1/s1. The zero-order valence-electron chi connectivity index (χ0n) is 11.8. The first-order chi connectivity index (χ1) is 9.46. The van der Waals surface area contributed by atoms with Gasteiger partial charge < -0.3 is 4.74 Å². The van der Waals surface area contributed by atoms with E-state index < -0.39 is 0 Å². The minimum absolute atomic E-state index is 0.123. The number of benzene rings is 1. The Morgan fingerprint density at radius 2 is 1.80 bits per heavy atom. The van der Waals surface area contributed by atoms with Crippen molar-refractivity contribution in [2.24, 2.45) is 5.41 Å². The van der Waals surface area contributed by atoms with Crippen molar-refractivity contribution in [2.45, 2.75) is 39.0 Å². The van der Waals surface area contributed by atoms with Crippen molar-refractivity contribution >= 4 is 11.8 Å².